The Morgan fingerprint density at radius 2 is 2.30 bits per heavy atom. The lowest BCUT2D eigenvalue weighted by molar-refractivity contribution is 0.00853. The maximum Gasteiger partial charge on any atom is 0.120 e. The van der Waals surface area contributed by atoms with Crippen molar-refractivity contribution in [2.24, 2.45) is 0 Å². The highest BCUT2D eigenvalue weighted by molar-refractivity contribution is 5.39. The Bertz CT molecular complexity index is 455. The topological polar surface area (TPSA) is 47.9 Å². The van der Waals surface area contributed by atoms with Gasteiger partial charge in [-0.3, -0.25) is 0 Å². The van der Waals surface area contributed by atoms with E-state index in [2.05, 4.69) is 11.8 Å². The van der Waals surface area contributed by atoms with E-state index < -0.39 is 0 Å². The molecular formula is C16H20O4. The normalized spacial score (nSPS) is 17.6. The molecule has 4 nitrogen and oxygen atoms in total. The van der Waals surface area contributed by atoms with Crippen LogP contribution in [0.4, 0.5) is 0 Å². The van der Waals surface area contributed by atoms with E-state index in [1.54, 1.807) is 0 Å². The molecule has 0 aromatic heterocycles. The fraction of sp³-hybridized carbons (Fsp3) is 0.500. The summed E-state index contributed by atoms with van der Waals surface area (Å²) in [5, 5.41) is 8.66. The van der Waals surface area contributed by atoms with Gasteiger partial charge in [-0.25, -0.2) is 0 Å². The number of aliphatic hydroxyl groups is 1. The van der Waals surface area contributed by atoms with Gasteiger partial charge in [-0.2, -0.15) is 0 Å². The van der Waals surface area contributed by atoms with E-state index in [1.165, 1.54) is 0 Å². The molecule has 4 heteroatoms. The number of ether oxygens (including phenoxy) is 3. The van der Waals surface area contributed by atoms with Gasteiger partial charge in [0.15, 0.2) is 0 Å². The third-order valence-corrected chi connectivity index (χ3v) is 2.97. The zero-order valence-corrected chi connectivity index (χ0v) is 11.5. The number of aliphatic hydroxyl groups excluding tert-OH is 1. The molecule has 20 heavy (non-hydrogen) atoms. The molecule has 0 radical (unpaired) electrons. The van der Waals surface area contributed by atoms with Crippen molar-refractivity contribution in [1.29, 1.82) is 0 Å². The summed E-state index contributed by atoms with van der Waals surface area (Å²) < 4.78 is 16.6. The lowest BCUT2D eigenvalue weighted by Gasteiger charge is -2.11. The van der Waals surface area contributed by atoms with Crippen LogP contribution >= 0.6 is 0 Å². The highest BCUT2D eigenvalue weighted by Gasteiger charge is 2.14. The molecule has 1 aliphatic rings. The van der Waals surface area contributed by atoms with Crippen molar-refractivity contribution >= 4 is 0 Å². The van der Waals surface area contributed by atoms with Crippen LogP contribution in [0.1, 0.15) is 18.4 Å². The van der Waals surface area contributed by atoms with Gasteiger partial charge in [0.25, 0.3) is 0 Å². The van der Waals surface area contributed by atoms with E-state index in [-0.39, 0.29) is 12.7 Å². The molecule has 1 unspecified atom stereocenters. The lowest BCUT2D eigenvalue weighted by atomic mass is 10.2. The minimum Gasteiger partial charge on any atom is -0.491 e. The first kappa shape index (κ1) is 14.9. The zero-order valence-electron chi connectivity index (χ0n) is 11.5. The summed E-state index contributed by atoms with van der Waals surface area (Å²) in [7, 11) is 0. The van der Waals surface area contributed by atoms with Crippen molar-refractivity contribution in [1.82, 2.24) is 0 Å². The van der Waals surface area contributed by atoms with Gasteiger partial charge in [0.05, 0.1) is 19.3 Å². The molecule has 0 saturated carbocycles. The van der Waals surface area contributed by atoms with E-state index in [0.29, 0.717) is 19.8 Å². The first-order chi connectivity index (χ1) is 9.88. The Hall–Kier alpha value is -1.54. The van der Waals surface area contributed by atoms with Crippen LogP contribution in [0.2, 0.25) is 0 Å². The van der Waals surface area contributed by atoms with Gasteiger partial charge in [-0.1, -0.05) is 17.9 Å². The van der Waals surface area contributed by atoms with Gasteiger partial charge < -0.3 is 19.3 Å². The van der Waals surface area contributed by atoms with Crippen LogP contribution in [0.25, 0.3) is 0 Å². The summed E-state index contributed by atoms with van der Waals surface area (Å²) in [6.45, 7) is 2.41. The molecule has 2 rings (SSSR count). The van der Waals surface area contributed by atoms with E-state index in [4.69, 9.17) is 19.3 Å². The maximum absolute atomic E-state index is 8.66. The highest BCUT2D eigenvalue weighted by atomic mass is 16.5. The Balaban J connectivity index is 1.65. The van der Waals surface area contributed by atoms with Gasteiger partial charge in [0.1, 0.15) is 19.0 Å². The molecule has 0 bridgehead atoms. The van der Waals surface area contributed by atoms with Crippen LogP contribution in [0, 0.1) is 11.8 Å². The molecule has 1 N–H and O–H groups in total. The molecule has 0 spiro atoms. The minimum absolute atomic E-state index is 0.137. The van der Waals surface area contributed by atoms with Crippen molar-refractivity contribution < 1.29 is 19.3 Å². The average molecular weight is 276 g/mol. The van der Waals surface area contributed by atoms with Crippen LogP contribution in [0.5, 0.6) is 5.75 Å². The van der Waals surface area contributed by atoms with Crippen molar-refractivity contribution in [3.63, 3.8) is 0 Å². The number of benzene rings is 1. The largest absolute Gasteiger partial charge is 0.491 e. The Kier molecular flexibility index (Phi) is 6.39. The van der Waals surface area contributed by atoms with Crippen molar-refractivity contribution in [3.8, 4) is 17.6 Å². The smallest absolute Gasteiger partial charge is 0.120 e. The minimum atomic E-state index is -0.137. The van der Waals surface area contributed by atoms with Gasteiger partial charge in [0.2, 0.25) is 0 Å². The lowest BCUT2D eigenvalue weighted by Crippen LogP contribution is -2.17. The summed E-state index contributed by atoms with van der Waals surface area (Å²) in [4.78, 5) is 0. The van der Waals surface area contributed by atoms with Crippen LogP contribution in [-0.4, -0.2) is 44.2 Å². The van der Waals surface area contributed by atoms with Crippen LogP contribution < -0.4 is 4.74 Å². The first-order valence-electron chi connectivity index (χ1n) is 6.90. The maximum atomic E-state index is 8.66. The van der Waals surface area contributed by atoms with E-state index in [1.807, 2.05) is 24.3 Å². The van der Waals surface area contributed by atoms with Gasteiger partial charge in [0, 0.05) is 12.2 Å². The second-order valence-corrected chi connectivity index (χ2v) is 4.55. The molecule has 0 amide bonds. The monoisotopic (exact) mass is 276 g/mol. The predicted molar refractivity (Wildman–Crippen MR) is 75.7 cm³/mol. The second kappa shape index (κ2) is 8.60. The summed E-state index contributed by atoms with van der Waals surface area (Å²) in [5.41, 5.74) is 0.830. The standard InChI is InChI=1S/C16H20O4/c17-8-2-5-14-4-1-6-15(12-14)20-11-10-18-13-16-7-3-9-19-16/h1,4,6,12,16-17H,3,7-11,13H2. The number of hydrogen-bond donors (Lipinski definition) is 1. The molecular weight excluding hydrogens is 256 g/mol. The number of rotatable bonds is 6. The summed E-state index contributed by atoms with van der Waals surface area (Å²) in [6.07, 6.45) is 2.48. The zero-order chi connectivity index (χ0) is 14.0. The highest BCUT2D eigenvalue weighted by Crippen LogP contribution is 2.13. The molecule has 1 fully saturated rings. The van der Waals surface area contributed by atoms with Crippen molar-refractivity contribution in [2.45, 2.75) is 18.9 Å². The van der Waals surface area contributed by atoms with E-state index in [9.17, 15) is 0 Å². The fourth-order valence-electron chi connectivity index (χ4n) is 2.01. The predicted octanol–water partition coefficient (Wildman–Crippen LogP) is 1.60. The Labute approximate surface area is 119 Å². The summed E-state index contributed by atoms with van der Waals surface area (Å²) in [6, 6.07) is 7.49. The molecule has 1 heterocycles. The van der Waals surface area contributed by atoms with Gasteiger partial charge in [-0.15, -0.1) is 0 Å². The molecule has 1 aromatic carbocycles. The average Bonchev–Trinajstić information content (AvgIpc) is 2.98. The molecule has 0 aliphatic carbocycles. The third kappa shape index (κ3) is 5.22. The second-order valence-electron chi connectivity index (χ2n) is 4.55. The van der Waals surface area contributed by atoms with Crippen LogP contribution in [-0.2, 0) is 9.47 Å². The quantitative estimate of drug-likeness (QED) is 0.633. The molecule has 1 aliphatic heterocycles. The van der Waals surface area contributed by atoms with E-state index >= 15 is 0 Å². The van der Waals surface area contributed by atoms with Gasteiger partial charge in [-0.05, 0) is 31.0 Å². The molecule has 1 aromatic rings. The van der Waals surface area contributed by atoms with Crippen LogP contribution in [0.3, 0.4) is 0 Å². The summed E-state index contributed by atoms with van der Waals surface area (Å²) in [5.74, 6) is 6.22. The third-order valence-electron chi connectivity index (χ3n) is 2.97. The SMILES string of the molecule is OCC#Cc1cccc(OCCOCC2CCCO2)c1. The van der Waals surface area contributed by atoms with Crippen molar-refractivity contribution in [3.05, 3.63) is 29.8 Å². The van der Waals surface area contributed by atoms with Crippen LogP contribution in [0.15, 0.2) is 24.3 Å². The number of hydrogen-bond acceptors (Lipinski definition) is 4. The van der Waals surface area contributed by atoms with Gasteiger partial charge >= 0.3 is 0 Å². The molecule has 1 atom stereocenters. The first-order valence-corrected chi connectivity index (χ1v) is 6.90. The van der Waals surface area contributed by atoms with E-state index in [0.717, 1.165) is 30.8 Å². The Morgan fingerprint density at radius 3 is 3.10 bits per heavy atom. The molecule has 1 saturated heterocycles. The van der Waals surface area contributed by atoms with Crippen molar-refractivity contribution in [2.75, 3.05) is 33.0 Å². The summed E-state index contributed by atoms with van der Waals surface area (Å²) >= 11 is 0. The molecule has 108 valence electrons. The fourth-order valence-corrected chi connectivity index (χ4v) is 2.01. The Morgan fingerprint density at radius 1 is 1.35 bits per heavy atom.